The van der Waals surface area contributed by atoms with Crippen LogP contribution in [0.1, 0.15) is 11.4 Å². The van der Waals surface area contributed by atoms with Gasteiger partial charge in [-0.15, -0.1) is 0 Å². The van der Waals surface area contributed by atoms with Crippen molar-refractivity contribution in [1.29, 1.82) is 0 Å². The molecule has 102 valence electrons. The summed E-state index contributed by atoms with van der Waals surface area (Å²) >= 11 is 5.98. The zero-order valence-electron chi connectivity index (χ0n) is 11.0. The maximum absolute atomic E-state index is 5.98. The predicted octanol–water partition coefficient (Wildman–Crippen LogP) is 2.63. The molecule has 0 amide bonds. The fraction of sp³-hybridized carbons (Fsp3) is 0.200. The number of benzene rings is 1. The Morgan fingerprint density at radius 3 is 2.75 bits per heavy atom. The van der Waals surface area contributed by atoms with E-state index in [9.17, 15) is 0 Å². The van der Waals surface area contributed by atoms with Crippen molar-refractivity contribution in [2.24, 2.45) is 5.73 Å². The second-order valence-electron chi connectivity index (χ2n) is 4.63. The summed E-state index contributed by atoms with van der Waals surface area (Å²) in [4.78, 5) is 9.02. The van der Waals surface area contributed by atoms with E-state index in [0.29, 0.717) is 18.1 Å². The molecule has 4 nitrogen and oxygen atoms in total. The van der Waals surface area contributed by atoms with Crippen LogP contribution in [-0.2, 0) is 13.0 Å². The number of fused-ring (bicyclic) bond motifs is 1. The SMILES string of the molecule is NCCn1c(Cc2ccccc2)nc2cc(Cl)cnc21. The van der Waals surface area contributed by atoms with Gasteiger partial charge in [0.1, 0.15) is 11.3 Å². The summed E-state index contributed by atoms with van der Waals surface area (Å²) in [6.45, 7) is 1.25. The molecule has 0 saturated heterocycles. The fourth-order valence-electron chi connectivity index (χ4n) is 2.31. The molecule has 0 saturated carbocycles. The fourth-order valence-corrected chi connectivity index (χ4v) is 2.46. The molecular formula is C15H15ClN4. The maximum atomic E-state index is 5.98. The number of nitrogens with two attached hydrogens (primary N) is 1. The summed E-state index contributed by atoms with van der Waals surface area (Å²) < 4.78 is 2.07. The van der Waals surface area contributed by atoms with Gasteiger partial charge in [-0.3, -0.25) is 0 Å². The maximum Gasteiger partial charge on any atom is 0.160 e. The minimum Gasteiger partial charge on any atom is -0.329 e. The zero-order chi connectivity index (χ0) is 13.9. The molecule has 0 aliphatic heterocycles. The van der Waals surface area contributed by atoms with Gasteiger partial charge in [-0.2, -0.15) is 0 Å². The topological polar surface area (TPSA) is 56.7 Å². The summed E-state index contributed by atoms with van der Waals surface area (Å²) in [5.74, 6) is 0.964. The van der Waals surface area contributed by atoms with Gasteiger partial charge in [0.05, 0.1) is 5.02 Å². The minimum absolute atomic E-state index is 0.553. The second kappa shape index (κ2) is 5.61. The lowest BCUT2D eigenvalue weighted by molar-refractivity contribution is 0.684. The van der Waals surface area contributed by atoms with Gasteiger partial charge in [0, 0.05) is 25.7 Å². The first-order chi connectivity index (χ1) is 9.78. The quantitative estimate of drug-likeness (QED) is 0.802. The first-order valence-corrected chi connectivity index (χ1v) is 6.90. The molecule has 2 heterocycles. The molecule has 0 atom stereocenters. The average molecular weight is 287 g/mol. The lowest BCUT2D eigenvalue weighted by atomic mass is 10.1. The van der Waals surface area contributed by atoms with E-state index in [0.717, 1.165) is 23.4 Å². The number of hydrogen-bond acceptors (Lipinski definition) is 3. The van der Waals surface area contributed by atoms with Crippen LogP contribution in [0.2, 0.25) is 5.02 Å². The molecule has 3 rings (SSSR count). The second-order valence-corrected chi connectivity index (χ2v) is 5.06. The number of imidazole rings is 1. The Morgan fingerprint density at radius 1 is 1.20 bits per heavy atom. The van der Waals surface area contributed by atoms with Crippen LogP contribution in [-0.4, -0.2) is 21.1 Å². The van der Waals surface area contributed by atoms with Crippen molar-refractivity contribution < 1.29 is 0 Å². The molecule has 0 aliphatic carbocycles. The van der Waals surface area contributed by atoms with Crippen LogP contribution in [0.4, 0.5) is 0 Å². The van der Waals surface area contributed by atoms with E-state index in [4.69, 9.17) is 17.3 Å². The van der Waals surface area contributed by atoms with Crippen molar-refractivity contribution in [2.45, 2.75) is 13.0 Å². The minimum atomic E-state index is 0.553. The molecule has 0 unspecified atom stereocenters. The molecule has 0 aliphatic rings. The first kappa shape index (κ1) is 13.1. The van der Waals surface area contributed by atoms with Gasteiger partial charge in [0.2, 0.25) is 0 Å². The van der Waals surface area contributed by atoms with Crippen molar-refractivity contribution in [2.75, 3.05) is 6.54 Å². The summed E-state index contributed by atoms with van der Waals surface area (Å²) in [7, 11) is 0. The van der Waals surface area contributed by atoms with Gasteiger partial charge in [-0.1, -0.05) is 41.9 Å². The standard InChI is InChI=1S/C15H15ClN4/c16-12-9-13-15(18-10-12)20(7-6-17)14(19-13)8-11-4-2-1-3-5-11/h1-5,9-10H,6-8,17H2. The monoisotopic (exact) mass is 286 g/mol. The summed E-state index contributed by atoms with van der Waals surface area (Å²) in [6.07, 6.45) is 2.40. The Kier molecular flexibility index (Phi) is 3.67. The molecule has 3 aromatic rings. The Hall–Kier alpha value is -1.91. The van der Waals surface area contributed by atoms with E-state index in [1.54, 1.807) is 6.20 Å². The van der Waals surface area contributed by atoms with E-state index < -0.39 is 0 Å². The van der Waals surface area contributed by atoms with Gasteiger partial charge in [-0.05, 0) is 11.6 Å². The number of aromatic nitrogens is 3. The van der Waals surface area contributed by atoms with Gasteiger partial charge < -0.3 is 10.3 Å². The number of rotatable bonds is 4. The predicted molar refractivity (Wildman–Crippen MR) is 80.8 cm³/mol. The Morgan fingerprint density at radius 2 is 2.00 bits per heavy atom. The highest BCUT2D eigenvalue weighted by Gasteiger charge is 2.12. The summed E-state index contributed by atoms with van der Waals surface area (Å²) in [5.41, 5.74) is 8.57. The number of nitrogens with zero attached hydrogens (tertiary/aromatic N) is 3. The first-order valence-electron chi connectivity index (χ1n) is 6.52. The molecule has 0 fully saturated rings. The van der Waals surface area contributed by atoms with Gasteiger partial charge in [-0.25, -0.2) is 9.97 Å². The van der Waals surface area contributed by atoms with E-state index in [2.05, 4.69) is 26.7 Å². The van der Waals surface area contributed by atoms with E-state index >= 15 is 0 Å². The smallest absolute Gasteiger partial charge is 0.160 e. The molecule has 2 aromatic heterocycles. The lowest BCUT2D eigenvalue weighted by Gasteiger charge is -2.07. The molecule has 2 N–H and O–H groups in total. The third kappa shape index (κ3) is 2.53. The number of halogens is 1. The third-order valence-corrected chi connectivity index (χ3v) is 3.40. The Balaban J connectivity index is 2.06. The normalized spacial score (nSPS) is 11.1. The summed E-state index contributed by atoms with van der Waals surface area (Å²) in [6, 6.07) is 12.1. The molecule has 0 radical (unpaired) electrons. The molecule has 0 bridgehead atoms. The van der Waals surface area contributed by atoms with E-state index in [1.165, 1.54) is 5.56 Å². The third-order valence-electron chi connectivity index (χ3n) is 3.19. The Bertz CT molecular complexity index is 721. The van der Waals surface area contributed by atoms with Crippen LogP contribution < -0.4 is 5.73 Å². The van der Waals surface area contributed by atoms with Gasteiger partial charge in [0.15, 0.2) is 5.65 Å². The molecule has 0 spiro atoms. The average Bonchev–Trinajstić information content (AvgIpc) is 2.77. The van der Waals surface area contributed by atoms with Crippen LogP contribution in [0.25, 0.3) is 11.2 Å². The van der Waals surface area contributed by atoms with Crippen LogP contribution in [0.15, 0.2) is 42.6 Å². The van der Waals surface area contributed by atoms with Crippen LogP contribution in [0.3, 0.4) is 0 Å². The molecular weight excluding hydrogens is 272 g/mol. The zero-order valence-corrected chi connectivity index (χ0v) is 11.7. The molecule has 1 aromatic carbocycles. The van der Waals surface area contributed by atoms with Gasteiger partial charge in [0.25, 0.3) is 0 Å². The van der Waals surface area contributed by atoms with Crippen LogP contribution in [0.5, 0.6) is 0 Å². The van der Waals surface area contributed by atoms with Gasteiger partial charge >= 0.3 is 0 Å². The van der Waals surface area contributed by atoms with Crippen molar-refractivity contribution in [3.63, 3.8) is 0 Å². The number of pyridine rings is 1. The van der Waals surface area contributed by atoms with Crippen LogP contribution >= 0.6 is 11.6 Å². The van der Waals surface area contributed by atoms with E-state index in [-0.39, 0.29) is 0 Å². The van der Waals surface area contributed by atoms with Crippen LogP contribution in [0, 0.1) is 0 Å². The lowest BCUT2D eigenvalue weighted by Crippen LogP contribution is -2.13. The molecule has 20 heavy (non-hydrogen) atoms. The largest absolute Gasteiger partial charge is 0.329 e. The van der Waals surface area contributed by atoms with Crippen molar-refractivity contribution >= 4 is 22.8 Å². The highest BCUT2D eigenvalue weighted by atomic mass is 35.5. The van der Waals surface area contributed by atoms with Crippen molar-refractivity contribution in [3.8, 4) is 0 Å². The van der Waals surface area contributed by atoms with Crippen molar-refractivity contribution in [3.05, 3.63) is 59.0 Å². The summed E-state index contributed by atoms with van der Waals surface area (Å²) in [5, 5.41) is 0.598. The van der Waals surface area contributed by atoms with Crippen molar-refractivity contribution in [1.82, 2.24) is 14.5 Å². The highest BCUT2D eigenvalue weighted by molar-refractivity contribution is 6.31. The highest BCUT2D eigenvalue weighted by Crippen LogP contribution is 2.19. The molecule has 5 heteroatoms. The number of hydrogen-bond donors (Lipinski definition) is 1. The van der Waals surface area contributed by atoms with E-state index in [1.807, 2.05) is 24.3 Å². The Labute approximate surface area is 122 Å².